The first kappa shape index (κ1) is 14.3. The molecule has 0 saturated heterocycles. The molecular weight excluding hydrogens is 298 g/mol. The normalized spacial score (nSPS) is 12.5. The number of aryl methyl sites for hydroxylation is 2. The van der Waals surface area contributed by atoms with Crippen molar-refractivity contribution in [2.75, 3.05) is 7.05 Å². The molecule has 2 aromatic rings. The molecule has 0 radical (unpaired) electrons. The van der Waals surface area contributed by atoms with Crippen molar-refractivity contribution in [3.05, 3.63) is 68.7 Å². The summed E-state index contributed by atoms with van der Waals surface area (Å²) in [4.78, 5) is 0. The summed E-state index contributed by atoms with van der Waals surface area (Å²) in [5.74, 6) is 0. The maximum absolute atomic E-state index is 3.56. The highest BCUT2D eigenvalue weighted by atomic mass is 79.9. The van der Waals surface area contributed by atoms with Crippen molar-refractivity contribution in [3.8, 4) is 0 Å². The molecule has 2 rings (SSSR count). The SMILES string of the molecule is CNC(c1ccc(Br)c(C)c1)c1cccc(C)c1C. The van der Waals surface area contributed by atoms with Crippen LogP contribution in [0, 0.1) is 20.8 Å². The third-order valence-corrected chi connectivity index (χ3v) is 4.65. The van der Waals surface area contributed by atoms with Crippen LogP contribution in [0.25, 0.3) is 0 Å². The van der Waals surface area contributed by atoms with Crippen molar-refractivity contribution in [3.63, 3.8) is 0 Å². The van der Waals surface area contributed by atoms with Gasteiger partial charge in [0.05, 0.1) is 6.04 Å². The van der Waals surface area contributed by atoms with Crippen LogP contribution < -0.4 is 5.32 Å². The van der Waals surface area contributed by atoms with Gasteiger partial charge in [-0.15, -0.1) is 0 Å². The van der Waals surface area contributed by atoms with E-state index < -0.39 is 0 Å². The zero-order valence-corrected chi connectivity index (χ0v) is 13.5. The summed E-state index contributed by atoms with van der Waals surface area (Å²) < 4.78 is 1.16. The van der Waals surface area contributed by atoms with Gasteiger partial charge in [-0.1, -0.05) is 46.3 Å². The van der Waals surface area contributed by atoms with Gasteiger partial charge in [-0.05, 0) is 61.7 Å². The zero-order chi connectivity index (χ0) is 14.0. The predicted octanol–water partition coefficient (Wildman–Crippen LogP) is 4.68. The van der Waals surface area contributed by atoms with Gasteiger partial charge in [0, 0.05) is 4.47 Å². The minimum atomic E-state index is 0.242. The summed E-state index contributed by atoms with van der Waals surface area (Å²) >= 11 is 3.56. The number of hydrogen-bond donors (Lipinski definition) is 1. The standard InChI is InChI=1S/C17H20BrN/c1-11-6-5-7-15(13(11)3)17(19-4)14-8-9-16(18)12(2)10-14/h5-10,17,19H,1-4H3. The van der Waals surface area contributed by atoms with Crippen molar-refractivity contribution in [1.82, 2.24) is 5.32 Å². The highest BCUT2D eigenvalue weighted by Gasteiger charge is 2.15. The summed E-state index contributed by atoms with van der Waals surface area (Å²) in [6.45, 7) is 6.49. The topological polar surface area (TPSA) is 12.0 Å². The quantitative estimate of drug-likeness (QED) is 0.866. The Balaban J connectivity index is 2.50. The first-order valence-electron chi connectivity index (χ1n) is 6.54. The third kappa shape index (κ3) is 2.90. The van der Waals surface area contributed by atoms with Crippen LogP contribution in [-0.4, -0.2) is 7.05 Å². The van der Waals surface area contributed by atoms with E-state index in [0.717, 1.165) is 4.47 Å². The molecule has 0 heterocycles. The van der Waals surface area contributed by atoms with Crippen LogP contribution in [0.4, 0.5) is 0 Å². The highest BCUT2D eigenvalue weighted by molar-refractivity contribution is 9.10. The van der Waals surface area contributed by atoms with E-state index in [0.29, 0.717) is 0 Å². The number of benzene rings is 2. The van der Waals surface area contributed by atoms with Gasteiger partial charge in [-0.3, -0.25) is 0 Å². The third-order valence-electron chi connectivity index (χ3n) is 3.76. The first-order chi connectivity index (χ1) is 9.04. The van der Waals surface area contributed by atoms with E-state index in [2.05, 4.69) is 78.4 Å². The molecule has 2 heteroatoms. The van der Waals surface area contributed by atoms with Gasteiger partial charge in [-0.25, -0.2) is 0 Å². The van der Waals surface area contributed by atoms with Gasteiger partial charge in [0.2, 0.25) is 0 Å². The number of halogens is 1. The molecule has 0 aliphatic rings. The van der Waals surface area contributed by atoms with Crippen LogP contribution in [0.1, 0.15) is 33.9 Å². The Morgan fingerprint density at radius 1 is 1.00 bits per heavy atom. The number of hydrogen-bond acceptors (Lipinski definition) is 1. The largest absolute Gasteiger partial charge is 0.309 e. The molecule has 2 aromatic carbocycles. The second kappa shape index (κ2) is 5.89. The van der Waals surface area contributed by atoms with Crippen LogP contribution >= 0.6 is 15.9 Å². The molecule has 0 fully saturated rings. The van der Waals surface area contributed by atoms with Gasteiger partial charge in [0.25, 0.3) is 0 Å². The van der Waals surface area contributed by atoms with Crippen molar-refractivity contribution in [2.24, 2.45) is 0 Å². The summed E-state index contributed by atoms with van der Waals surface area (Å²) in [5.41, 5.74) is 6.62. The fourth-order valence-corrected chi connectivity index (χ4v) is 2.68. The van der Waals surface area contributed by atoms with Crippen LogP contribution in [0.5, 0.6) is 0 Å². The van der Waals surface area contributed by atoms with Crippen LogP contribution in [0.2, 0.25) is 0 Å². The van der Waals surface area contributed by atoms with Gasteiger partial charge in [0.1, 0.15) is 0 Å². The van der Waals surface area contributed by atoms with Gasteiger partial charge >= 0.3 is 0 Å². The Morgan fingerprint density at radius 2 is 1.74 bits per heavy atom. The average Bonchev–Trinajstić information content (AvgIpc) is 2.39. The monoisotopic (exact) mass is 317 g/mol. The van der Waals surface area contributed by atoms with Crippen LogP contribution in [0.15, 0.2) is 40.9 Å². The summed E-state index contributed by atoms with van der Waals surface area (Å²) in [5, 5.41) is 3.43. The lowest BCUT2D eigenvalue weighted by Gasteiger charge is -2.21. The van der Waals surface area contributed by atoms with E-state index in [-0.39, 0.29) is 6.04 Å². The van der Waals surface area contributed by atoms with Crippen molar-refractivity contribution in [2.45, 2.75) is 26.8 Å². The Hall–Kier alpha value is -1.12. The fraction of sp³-hybridized carbons (Fsp3) is 0.294. The molecule has 100 valence electrons. The molecule has 0 aliphatic carbocycles. The molecule has 1 N–H and O–H groups in total. The minimum absolute atomic E-state index is 0.242. The highest BCUT2D eigenvalue weighted by Crippen LogP contribution is 2.28. The number of nitrogens with one attached hydrogen (secondary N) is 1. The molecule has 0 bridgehead atoms. The van der Waals surface area contributed by atoms with E-state index in [1.807, 2.05) is 7.05 Å². The molecule has 19 heavy (non-hydrogen) atoms. The van der Waals surface area contributed by atoms with Gasteiger partial charge in [0.15, 0.2) is 0 Å². The van der Waals surface area contributed by atoms with E-state index in [1.54, 1.807) is 0 Å². The lowest BCUT2D eigenvalue weighted by molar-refractivity contribution is 0.686. The second-order valence-corrected chi connectivity index (χ2v) is 5.87. The van der Waals surface area contributed by atoms with Gasteiger partial charge < -0.3 is 5.32 Å². The van der Waals surface area contributed by atoms with Crippen LogP contribution in [0.3, 0.4) is 0 Å². The Kier molecular flexibility index (Phi) is 4.43. The Labute approximate surface area is 124 Å². The molecule has 1 atom stereocenters. The molecule has 1 nitrogen and oxygen atoms in total. The lowest BCUT2D eigenvalue weighted by atomic mass is 9.92. The summed E-state index contributed by atoms with van der Waals surface area (Å²) in [6, 6.07) is 13.3. The van der Waals surface area contributed by atoms with Crippen molar-refractivity contribution in [1.29, 1.82) is 0 Å². The zero-order valence-electron chi connectivity index (χ0n) is 11.9. The average molecular weight is 318 g/mol. The smallest absolute Gasteiger partial charge is 0.0577 e. The van der Waals surface area contributed by atoms with E-state index >= 15 is 0 Å². The maximum atomic E-state index is 3.56. The van der Waals surface area contributed by atoms with Crippen molar-refractivity contribution >= 4 is 15.9 Å². The fourth-order valence-electron chi connectivity index (χ4n) is 2.44. The van der Waals surface area contributed by atoms with Gasteiger partial charge in [-0.2, -0.15) is 0 Å². The molecule has 0 saturated carbocycles. The van der Waals surface area contributed by atoms with Crippen molar-refractivity contribution < 1.29 is 0 Å². The van der Waals surface area contributed by atoms with Crippen LogP contribution in [-0.2, 0) is 0 Å². The summed E-state index contributed by atoms with van der Waals surface area (Å²) in [6.07, 6.45) is 0. The Morgan fingerprint density at radius 3 is 2.37 bits per heavy atom. The molecule has 1 unspecified atom stereocenters. The molecule has 0 amide bonds. The lowest BCUT2D eigenvalue weighted by Crippen LogP contribution is -2.19. The van der Waals surface area contributed by atoms with E-state index in [4.69, 9.17) is 0 Å². The Bertz CT molecular complexity index is 590. The summed E-state index contributed by atoms with van der Waals surface area (Å²) in [7, 11) is 2.02. The molecular formula is C17H20BrN. The van der Waals surface area contributed by atoms with E-state index in [9.17, 15) is 0 Å². The maximum Gasteiger partial charge on any atom is 0.0577 e. The van der Waals surface area contributed by atoms with E-state index in [1.165, 1.54) is 27.8 Å². The second-order valence-electron chi connectivity index (χ2n) is 5.02. The molecule has 0 spiro atoms. The molecule has 0 aliphatic heterocycles. The molecule has 0 aromatic heterocycles. The first-order valence-corrected chi connectivity index (χ1v) is 7.33. The predicted molar refractivity (Wildman–Crippen MR) is 85.7 cm³/mol. The number of rotatable bonds is 3. The minimum Gasteiger partial charge on any atom is -0.309 e.